The van der Waals surface area contributed by atoms with Crippen molar-refractivity contribution in [1.29, 1.82) is 0 Å². The highest BCUT2D eigenvalue weighted by atomic mass is 19.1. The molecule has 5 rings (SSSR count). The highest BCUT2D eigenvalue weighted by molar-refractivity contribution is 6.09. The van der Waals surface area contributed by atoms with Crippen molar-refractivity contribution in [2.45, 2.75) is 44.7 Å². The lowest BCUT2D eigenvalue weighted by molar-refractivity contribution is -0.125. The zero-order chi connectivity index (χ0) is 23.7. The Bertz CT molecular complexity index is 1110. The Hall–Kier alpha value is -3.42. The van der Waals surface area contributed by atoms with Crippen LogP contribution >= 0.6 is 0 Å². The predicted molar refractivity (Wildman–Crippen MR) is 127 cm³/mol. The third-order valence-corrected chi connectivity index (χ3v) is 7.01. The van der Waals surface area contributed by atoms with Gasteiger partial charge in [0.15, 0.2) is 0 Å². The number of piperidine rings is 1. The van der Waals surface area contributed by atoms with Crippen molar-refractivity contribution in [2.75, 3.05) is 36.0 Å². The molecule has 7 nitrogen and oxygen atoms in total. The van der Waals surface area contributed by atoms with Crippen LogP contribution in [0.2, 0.25) is 0 Å². The number of nitrogens with one attached hydrogen (secondary N) is 1. The van der Waals surface area contributed by atoms with Crippen molar-refractivity contribution in [3.63, 3.8) is 0 Å². The Morgan fingerprint density at radius 1 is 0.971 bits per heavy atom. The average Bonchev–Trinajstić information content (AvgIpc) is 3.40. The molecular formula is C26H29FN4O3. The second kappa shape index (κ2) is 9.44. The van der Waals surface area contributed by atoms with Crippen LogP contribution in [0.15, 0.2) is 42.5 Å². The van der Waals surface area contributed by atoms with Gasteiger partial charge in [0.2, 0.25) is 11.8 Å². The van der Waals surface area contributed by atoms with Gasteiger partial charge in [-0.25, -0.2) is 4.39 Å². The first-order valence-corrected chi connectivity index (χ1v) is 12.0. The highest BCUT2D eigenvalue weighted by Crippen LogP contribution is 2.40. The second-order valence-electron chi connectivity index (χ2n) is 9.20. The topological polar surface area (TPSA) is 73.0 Å². The summed E-state index contributed by atoms with van der Waals surface area (Å²) in [6, 6.07) is 11.5. The van der Waals surface area contributed by atoms with E-state index in [-0.39, 0.29) is 42.7 Å². The minimum atomic E-state index is -0.384. The largest absolute Gasteiger partial charge is 0.358 e. The molecule has 0 radical (unpaired) electrons. The summed E-state index contributed by atoms with van der Waals surface area (Å²) in [5.74, 6) is -0.926. The number of rotatable bonds is 5. The van der Waals surface area contributed by atoms with Gasteiger partial charge in [-0.2, -0.15) is 0 Å². The molecule has 3 aliphatic heterocycles. The number of nitrogens with zero attached hydrogens (tertiary/aromatic N) is 3. The van der Waals surface area contributed by atoms with Crippen LogP contribution in [-0.2, 0) is 16.1 Å². The van der Waals surface area contributed by atoms with Gasteiger partial charge in [-0.1, -0.05) is 18.2 Å². The minimum Gasteiger partial charge on any atom is -0.358 e. The Balaban J connectivity index is 1.41. The first-order chi connectivity index (χ1) is 16.5. The van der Waals surface area contributed by atoms with E-state index in [1.54, 1.807) is 24.3 Å². The zero-order valence-electron chi connectivity index (χ0n) is 19.1. The maximum Gasteiger partial charge on any atom is 0.253 e. The molecule has 0 aliphatic carbocycles. The van der Waals surface area contributed by atoms with Crippen LogP contribution in [-0.4, -0.2) is 54.8 Å². The lowest BCUT2D eigenvalue weighted by Gasteiger charge is -2.45. The van der Waals surface area contributed by atoms with Gasteiger partial charge in [0, 0.05) is 37.3 Å². The van der Waals surface area contributed by atoms with Crippen LogP contribution in [0.25, 0.3) is 0 Å². The van der Waals surface area contributed by atoms with Gasteiger partial charge in [-0.3, -0.25) is 19.3 Å². The van der Waals surface area contributed by atoms with Crippen molar-refractivity contribution >= 4 is 29.1 Å². The maximum absolute atomic E-state index is 13.9. The fourth-order valence-corrected chi connectivity index (χ4v) is 5.19. The van der Waals surface area contributed by atoms with E-state index < -0.39 is 0 Å². The van der Waals surface area contributed by atoms with Gasteiger partial charge in [0.1, 0.15) is 18.4 Å². The summed E-state index contributed by atoms with van der Waals surface area (Å²) in [5, 5.41) is 2.73. The molecule has 1 N–H and O–H groups in total. The number of halogens is 1. The molecular weight excluding hydrogens is 435 g/mol. The Labute approximate surface area is 198 Å². The molecule has 8 heteroatoms. The fourth-order valence-electron chi connectivity index (χ4n) is 5.19. The molecule has 2 aromatic rings. The lowest BCUT2D eigenvalue weighted by Crippen LogP contribution is -2.57. The van der Waals surface area contributed by atoms with E-state index in [0.29, 0.717) is 16.8 Å². The Morgan fingerprint density at radius 3 is 2.53 bits per heavy atom. The fraction of sp³-hybridized carbons (Fsp3) is 0.423. The summed E-state index contributed by atoms with van der Waals surface area (Å²) in [4.78, 5) is 44.8. The third-order valence-electron chi connectivity index (χ3n) is 7.01. The van der Waals surface area contributed by atoms with Crippen molar-refractivity contribution < 1.29 is 18.8 Å². The summed E-state index contributed by atoms with van der Waals surface area (Å²) in [6.07, 6.45) is 4.69. The van der Waals surface area contributed by atoms with Crippen LogP contribution in [0.3, 0.4) is 0 Å². The molecule has 3 heterocycles. The molecule has 0 spiro atoms. The van der Waals surface area contributed by atoms with Gasteiger partial charge >= 0.3 is 0 Å². The lowest BCUT2D eigenvalue weighted by atomic mass is 9.95. The van der Waals surface area contributed by atoms with E-state index >= 15 is 0 Å². The second-order valence-corrected chi connectivity index (χ2v) is 9.20. The number of benzene rings is 2. The number of amides is 3. The molecule has 2 fully saturated rings. The van der Waals surface area contributed by atoms with Crippen LogP contribution < -0.4 is 15.1 Å². The van der Waals surface area contributed by atoms with E-state index in [1.165, 1.54) is 11.0 Å². The molecule has 34 heavy (non-hydrogen) atoms. The van der Waals surface area contributed by atoms with Crippen LogP contribution in [0, 0.1) is 5.82 Å². The smallest absolute Gasteiger partial charge is 0.253 e. The van der Waals surface area contributed by atoms with Gasteiger partial charge in [-0.15, -0.1) is 0 Å². The number of carbonyl (C=O) groups excluding carboxylic acids is 3. The predicted octanol–water partition coefficient (Wildman–Crippen LogP) is 3.08. The third kappa shape index (κ3) is 4.24. The van der Waals surface area contributed by atoms with Gasteiger partial charge in [0.05, 0.1) is 11.4 Å². The molecule has 178 valence electrons. The van der Waals surface area contributed by atoms with E-state index in [9.17, 15) is 18.8 Å². The average molecular weight is 465 g/mol. The SMILES string of the molecule is O=C(CN1C(=O)[C@H]2CCCCN2c2ccc(C(=O)N3CCCC3)cc21)NCc1ccccc1F. The number of fused-ring (bicyclic) bond motifs is 3. The monoisotopic (exact) mass is 464 g/mol. The van der Waals surface area contributed by atoms with E-state index in [2.05, 4.69) is 10.2 Å². The van der Waals surface area contributed by atoms with Crippen molar-refractivity contribution in [1.82, 2.24) is 10.2 Å². The minimum absolute atomic E-state index is 0.0440. The van der Waals surface area contributed by atoms with E-state index in [1.807, 2.05) is 17.0 Å². The van der Waals surface area contributed by atoms with Crippen LogP contribution in [0.4, 0.5) is 15.8 Å². The molecule has 0 aromatic heterocycles. The van der Waals surface area contributed by atoms with Gasteiger partial charge in [0.25, 0.3) is 5.91 Å². The molecule has 2 saturated heterocycles. The van der Waals surface area contributed by atoms with Gasteiger partial charge in [-0.05, 0) is 56.4 Å². The molecule has 3 amide bonds. The maximum atomic E-state index is 13.9. The van der Waals surface area contributed by atoms with Crippen molar-refractivity contribution in [3.8, 4) is 0 Å². The van der Waals surface area contributed by atoms with Crippen molar-refractivity contribution in [3.05, 3.63) is 59.4 Å². The summed E-state index contributed by atoms with van der Waals surface area (Å²) in [5.41, 5.74) is 2.39. The molecule has 2 aromatic carbocycles. The van der Waals surface area contributed by atoms with Crippen LogP contribution in [0.1, 0.15) is 48.0 Å². The Morgan fingerprint density at radius 2 is 1.74 bits per heavy atom. The summed E-state index contributed by atoms with van der Waals surface area (Å²) >= 11 is 0. The Kier molecular flexibility index (Phi) is 6.22. The van der Waals surface area contributed by atoms with E-state index in [0.717, 1.165) is 57.4 Å². The summed E-state index contributed by atoms with van der Waals surface area (Å²) in [7, 11) is 0. The normalized spacial score (nSPS) is 19.6. The number of hydrogen-bond acceptors (Lipinski definition) is 4. The first-order valence-electron chi connectivity index (χ1n) is 12.0. The summed E-state index contributed by atoms with van der Waals surface area (Å²) in [6.45, 7) is 2.13. The molecule has 0 unspecified atom stereocenters. The standard InChI is InChI=1S/C26H29FN4O3/c27-20-8-2-1-7-19(20)16-28-24(32)17-31-23-15-18(25(33)29-12-5-6-13-29)10-11-21(23)30-14-4-3-9-22(30)26(31)34/h1-2,7-8,10-11,15,22H,3-6,9,12-14,16-17H2,(H,28,32)/t22-/m1/s1. The first kappa shape index (κ1) is 22.4. The number of anilines is 2. The number of carbonyl (C=O) groups is 3. The molecule has 0 bridgehead atoms. The highest BCUT2D eigenvalue weighted by Gasteiger charge is 2.40. The zero-order valence-corrected chi connectivity index (χ0v) is 19.1. The van der Waals surface area contributed by atoms with Gasteiger partial charge < -0.3 is 15.1 Å². The van der Waals surface area contributed by atoms with E-state index in [4.69, 9.17) is 0 Å². The summed E-state index contributed by atoms with van der Waals surface area (Å²) < 4.78 is 13.9. The quantitative estimate of drug-likeness (QED) is 0.738. The molecule has 1 atom stereocenters. The van der Waals surface area contributed by atoms with Crippen molar-refractivity contribution in [2.24, 2.45) is 0 Å². The molecule has 3 aliphatic rings. The number of hydrogen-bond donors (Lipinski definition) is 1. The van der Waals surface area contributed by atoms with Crippen LogP contribution in [0.5, 0.6) is 0 Å². The molecule has 0 saturated carbocycles. The number of likely N-dealkylation sites (tertiary alicyclic amines) is 1.